The fourth-order valence-corrected chi connectivity index (χ4v) is 3.46. The van der Waals surface area contributed by atoms with Gasteiger partial charge in [0, 0.05) is 12.1 Å². The molecule has 0 aromatic rings. The van der Waals surface area contributed by atoms with E-state index in [-0.39, 0.29) is 11.4 Å². The summed E-state index contributed by atoms with van der Waals surface area (Å²) in [6.07, 6.45) is 1.72. The highest BCUT2D eigenvalue weighted by molar-refractivity contribution is 7.92. The number of sulfone groups is 1. The van der Waals surface area contributed by atoms with Gasteiger partial charge in [-0.05, 0) is 84.4 Å². The van der Waals surface area contributed by atoms with Gasteiger partial charge in [0.15, 0.2) is 9.84 Å². The number of hydrogen-bond acceptors (Lipinski definition) is 4. The van der Waals surface area contributed by atoms with Crippen molar-refractivity contribution in [1.82, 2.24) is 3.94 Å². The zero-order valence-corrected chi connectivity index (χ0v) is 17.2. The van der Waals surface area contributed by atoms with Gasteiger partial charge in [0.05, 0.1) is 16.1 Å². The first-order valence-electron chi connectivity index (χ1n) is 7.65. The molecule has 0 spiro atoms. The standard InChI is InChI=1S/C15H31Cl2NO3S/c1-8-14(4,5)21-11-9-15(6,7)22(19,20)12-10-13(2,3)18(16)17/h8-12H2,1-7H3. The Balaban J connectivity index is 4.68. The van der Waals surface area contributed by atoms with Gasteiger partial charge in [-0.15, -0.1) is 3.94 Å². The van der Waals surface area contributed by atoms with Crippen LogP contribution in [0.5, 0.6) is 0 Å². The molecule has 0 N–H and O–H groups in total. The van der Waals surface area contributed by atoms with Crippen molar-refractivity contribution in [2.24, 2.45) is 0 Å². The monoisotopic (exact) mass is 375 g/mol. The minimum absolute atomic E-state index is 0.0418. The molecule has 0 aliphatic rings. The van der Waals surface area contributed by atoms with Crippen LogP contribution in [0.25, 0.3) is 0 Å². The number of ether oxygens (including phenoxy) is 1. The van der Waals surface area contributed by atoms with E-state index in [2.05, 4.69) is 0 Å². The van der Waals surface area contributed by atoms with Crippen LogP contribution in [-0.2, 0) is 14.6 Å². The lowest BCUT2D eigenvalue weighted by Crippen LogP contribution is -2.40. The quantitative estimate of drug-likeness (QED) is 0.525. The van der Waals surface area contributed by atoms with E-state index in [1.165, 1.54) is 0 Å². The van der Waals surface area contributed by atoms with Crippen LogP contribution in [0.3, 0.4) is 0 Å². The second kappa shape index (κ2) is 8.02. The maximum atomic E-state index is 12.6. The van der Waals surface area contributed by atoms with Crippen LogP contribution in [0, 0.1) is 0 Å². The molecule has 0 saturated heterocycles. The van der Waals surface area contributed by atoms with Crippen molar-refractivity contribution in [2.45, 2.75) is 83.6 Å². The van der Waals surface area contributed by atoms with E-state index in [1.54, 1.807) is 13.8 Å². The Morgan fingerprint density at radius 2 is 1.50 bits per heavy atom. The molecule has 0 aliphatic heterocycles. The van der Waals surface area contributed by atoms with Crippen LogP contribution < -0.4 is 0 Å². The number of halogens is 2. The van der Waals surface area contributed by atoms with E-state index in [1.807, 2.05) is 34.6 Å². The molecule has 0 heterocycles. The fourth-order valence-electron chi connectivity index (χ4n) is 1.58. The van der Waals surface area contributed by atoms with Crippen LogP contribution in [0.15, 0.2) is 0 Å². The molecule has 4 nitrogen and oxygen atoms in total. The zero-order chi connectivity index (χ0) is 17.8. The number of hydrogen-bond donors (Lipinski definition) is 0. The van der Waals surface area contributed by atoms with Crippen LogP contribution in [0.4, 0.5) is 0 Å². The second-order valence-corrected chi connectivity index (χ2v) is 11.2. The Morgan fingerprint density at radius 1 is 1.00 bits per heavy atom. The summed E-state index contributed by atoms with van der Waals surface area (Å²) in [4.78, 5) is 0. The Morgan fingerprint density at radius 3 is 1.91 bits per heavy atom. The van der Waals surface area contributed by atoms with Crippen molar-refractivity contribution in [3.05, 3.63) is 0 Å². The Labute approximate surface area is 146 Å². The number of rotatable bonds is 10. The number of nitrogens with zero attached hydrogens (tertiary/aromatic N) is 1. The molecule has 0 fully saturated rings. The zero-order valence-electron chi connectivity index (χ0n) is 14.9. The lowest BCUT2D eigenvalue weighted by Gasteiger charge is -2.31. The topological polar surface area (TPSA) is 46.6 Å². The molecule has 0 aromatic heterocycles. The molecule has 0 amide bonds. The van der Waals surface area contributed by atoms with Crippen molar-refractivity contribution in [3.63, 3.8) is 0 Å². The van der Waals surface area contributed by atoms with Crippen LogP contribution in [-0.4, -0.2) is 40.6 Å². The summed E-state index contributed by atoms with van der Waals surface area (Å²) < 4.78 is 31.1. The summed E-state index contributed by atoms with van der Waals surface area (Å²) in [5.74, 6) is 0.0418. The van der Waals surface area contributed by atoms with Crippen LogP contribution in [0.2, 0.25) is 0 Å². The Bertz CT molecular complexity index is 446. The smallest absolute Gasteiger partial charge is 0.155 e. The lowest BCUT2D eigenvalue weighted by molar-refractivity contribution is -0.0233. The van der Waals surface area contributed by atoms with Crippen LogP contribution in [0.1, 0.15) is 67.7 Å². The van der Waals surface area contributed by atoms with E-state index in [4.69, 9.17) is 28.3 Å². The lowest BCUT2D eigenvalue weighted by atomic mass is 10.0. The first kappa shape index (κ1) is 22.4. The van der Waals surface area contributed by atoms with E-state index in [0.29, 0.717) is 19.4 Å². The van der Waals surface area contributed by atoms with Gasteiger partial charge in [-0.3, -0.25) is 0 Å². The van der Waals surface area contributed by atoms with Gasteiger partial charge in [0.1, 0.15) is 0 Å². The van der Waals surface area contributed by atoms with Crippen molar-refractivity contribution in [1.29, 1.82) is 0 Å². The second-order valence-electron chi connectivity index (χ2n) is 7.59. The molecule has 7 heteroatoms. The summed E-state index contributed by atoms with van der Waals surface area (Å²) in [7, 11) is -3.27. The van der Waals surface area contributed by atoms with Crippen molar-refractivity contribution < 1.29 is 13.2 Å². The normalized spacial score (nSPS) is 14.6. The van der Waals surface area contributed by atoms with Gasteiger partial charge in [-0.2, -0.15) is 0 Å². The van der Waals surface area contributed by atoms with Crippen molar-refractivity contribution in [2.75, 3.05) is 12.4 Å². The SMILES string of the molecule is CCC(C)(C)OCCC(C)(C)S(=O)(=O)CCC(C)(C)N(Cl)Cl. The highest BCUT2D eigenvalue weighted by Gasteiger charge is 2.36. The molecule has 0 aliphatic carbocycles. The predicted molar refractivity (Wildman–Crippen MR) is 95.0 cm³/mol. The molecule has 0 atom stereocenters. The van der Waals surface area contributed by atoms with Gasteiger partial charge >= 0.3 is 0 Å². The first-order chi connectivity index (χ1) is 9.67. The molecule has 0 radical (unpaired) electrons. The fraction of sp³-hybridized carbons (Fsp3) is 1.00. The summed E-state index contributed by atoms with van der Waals surface area (Å²) in [6.45, 7) is 13.6. The minimum atomic E-state index is -3.27. The maximum absolute atomic E-state index is 12.6. The molecule has 134 valence electrons. The molecule has 0 saturated carbocycles. The van der Waals surface area contributed by atoms with Crippen LogP contribution >= 0.6 is 23.6 Å². The van der Waals surface area contributed by atoms with E-state index < -0.39 is 20.1 Å². The van der Waals surface area contributed by atoms with Gasteiger partial charge in [0.2, 0.25) is 0 Å². The Hall–Kier alpha value is 0.450. The molecular weight excluding hydrogens is 345 g/mol. The third-order valence-corrected chi connectivity index (χ3v) is 7.88. The molecule has 0 bridgehead atoms. The minimum Gasteiger partial charge on any atom is -0.376 e. The largest absolute Gasteiger partial charge is 0.376 e. The van der Waals surface area contributed by atoms with Crippen molar-refractivity contribution in [3.8, 4) is 0 Å². The first-order valence-corrected chi connectivity index (χ1v) is 9.98. The molecule has 0 rings (SSSR count). The Kier molecular flexibility index (Phi) is 8.18. The summed E-state index contributed by atoms with van der Waals surface area (Å²) in [5.41, 5.74) is -0.813. The van der Waals surface area contributed by atoms with Crippen molar-refractivity contribution >= 4 is 33.4 Å². The average Bonchev–Trinajstić information content (AvgIpc) is 2.35. The third-order valence-electron chi connectivity index (χ3n) is 4.33. The highest BCUT2D eigenvalue weighted by Crippen LogP contribution is 2.29. The summed E-state index contributed by atoms with van der Waals surface area (Å²) >= 11 is 11.5. The summed E-state index contributed by atoms with van der Waals surface area (Å²) in [5, 5.41) is 0. The van der Waals surface area contributed by atoms with E-state index in [0.717, 1.165) is 10.4 Å². The predicted octanol–water partition coefficient (Wildman–Crippen LogP) is 4.55. The average molecular weight is 376 g/mol. The summed E-state index contributed by atoms with van der Waals surface area (Å²) in [6, 6.07) is 0. The van der Waals surface area contributed by atoms with E-state index in [9.17, 15) is 8.42 Å². The van der Waals surface area contributed by atoms with Gasteiger partial charge < -0.3 is 4.74 Å². The highest BCUT2D eigenvalue weighted by atomic mass is 35.5. The molecular formula is C15H31Cl2NO3S. The third kappa shape index (κ3) is 6.91. The van der Waals surface area contributed by atoms with Gasteiger partial charge in [-0.1, -0.05) is 6.92 Å². The molecule has 0 unspecified atom stereocenters. The van der Waals surface area contributed by atoms with Gasteiger partial charge in [-0.25, -0.2) is 8.42 Å². The van der Waals surface area contributed by atoms with E-state index >= 15 is 0 Å². The molecule has 0 aromatic carbocycles. The van der Waals surface area contributed by atoms with Gasteiger partial charge in [0.25, 0.3) is 0 Å². The molecule has 22 heavy (non-hydrogen) atoms. The maximum Gasteiger partial charge on any atom is 0.155 e.